The van der Waals surface area contributed by atoms with Crippen LogP contribution in [0.3, 0.4) is 0 Å². The van der Waals surface area contributed by atoms with Crippen molar-refractivity contribution in [3.63, 3.8) is 0 Å². The number of hydrogen-bond donors (Lipinski definition) is 1. The van der Waals surface area contributed by atoms with Gasteiger partial charge in [0.2, 0.25) is 21.8 Å². The lowest BCUT2D eigenvalue weighted by atomic mass is 10.1. The summed E-state index contributed by atoms with van der Waals surface area (Å²) in [4.78, 5) is 27.8. The van der Waals surface area contributed by atoms with Crippen LogP contribution in [0.4, 0.5) is 5.69 Å². The molecule has 7 nitrogen and oxygen atoms in total. The van der Waals surface area contributed by atoms with Crippen LogP contribution in [0.1, 0.15) is 32.3 Å². The van der Waals surface area contributed by atoms with E-state index in [2.05, 4.69) is 5.32 Å². The third kappa shape index (κ3) is 7.50. The first-order chi connectivity index (χ1) is 16.0. The molecule has 0 aliphatic carbocycles. The second kappa shape index (κ2) is 12.6. The average molecular weight is 549 g/mol. The number of benzene rings is 2. The highest BCUT2D eigenvalue weighted by Gasteiger charge is 2.32. The van der Waals surface area contributed by atoms with Gasteiger partial charge in [0.15, 0.2) is 0 Å². The highest BCUT2D eigenvalue weighted by molar-refractivity contribution is 7.92. The summed E-state index contributed by atoms with van der Waals surface area (Å²) < 4.78 is 26.1. The maximum Gasteiger partial charge on any atom is 0.244 e. The van der Waals surface area contributed by atoms with E-state index in [9.17, 15) is 18.0 Å². The van der Waals surface area contributed by atoms with Crippen LogP contribution in [-0.2, 0) is 26.2 Å². The molecule has 2 amide bonds. The lowest BCUT2D eigenvalue weighted by Crippen LogP contribution is -2.52. The van der Waals surface area contributed by atoms with Crippen LogP contribution < -0.4 is 9.62 Å². The van der Waals surface area contributed by atoms with Gasteiger partial charge in [0, 0.05) is 13.1 Å². The second-order valence-corrected chi connectivity index (χ2v) is 10.8. The summed E-state index contributed by atoms with van der Waals surface area (Å²) >= 11 is 18.4. The number of nitrogens with one attached hydrogen (secondary N) is 1. The molecule has 0 spiro atoms. The molecule has 0 heterocycles. The molecule has 0 unspecified atom stereocenters. The van der Waals surface area contributed by atoms with Gasteiger partial charge in [0.25, 0.3) is 0 Å². The number of para-hydroxylation sites is 1. The van der Waals surface area contributed by atoms with Gasteiger partial charge in [-0.05, 0) is 42.7 Å². The Hall–Kier alpha value is -2.00. The SMILES string of the molecule is CCCNC(=O)[C@@H](CC)N(Cc1ccc(Cl)c(Cl)c1)C(=O)CN(c1ccccc1Cl)S(C)(=O)=O. The highest BCUT2D eigenvalue weighted by atomic mass is 35.5. The average Bonchev–Trinajstić information content (AvgIpc) is 2.78. The maximum atomic E-state index is 13.6. The van der Waals surface area contributed by atoms with Crippen molar-refractivity contribution in [2.24, 2.45) is 0 Å². The molecule has 1 N–H and O–H groups in total. The van der Waals surface area contributed by atoms with Gasteiger partial charge >= 0.3 is 0 Å². The molecule has 0 aliphatic heterocycles. The molecule has 2 rings (SSSR count). The number of halogens is 3. The van der Waals surface area contributed by atoms with Crippen LogP contribution in [-0.4, -0.2) is 50.5 Å². The Balaban J connectivity index is 2.46. The summed E-state index contributed by atoms with van der Waals surface area (Å²) in [5.74, 6) is -0.878. The predicted molar refractivity (Wildman–Crippen MR) is 138 cm³/mol. The van der Waals surface area contributed by atoms with E-state index in [1.54, 1.807) is 43.3 Å². The minimum atomic E-state index is -3.86. The fourth-order valence-corrected chi connectivity index (χ4v) is 4.84. The normalized spacial score (nSPS) is 12.2. The van der Waals surface area contributed by atoms with Gasteiger partial charge < -0.3 is 10.2 Å². The molecular weight excluding hydrogens is 521 g/mol. The smallest absolute Gasteiger partial charge is 0.244 e. The van der Waals surface area contributed by atoms with Crippen molar-refractivity contribution < 1.29 is 18.0 Å². The third-order valence-corrected chi connectivity index (χ3v) is 7.26. The lowest BCUT2D eigenvalue weighted by Gasteiger charge is -2.33. The van der Waals surface area contributed by atoms with Crippen LogP contribution in [0.25, 0.3) is 0 Å². The van der Waals surface area contributed by atoms with Crippen molar-refractivity contribution in [3.05, 3.63) is 63.1 Å². The van der Waals surface area contributed by atoms with E-state index in [-0.39, 0.29) is 23.2 Å². The first-order valence-corrected chi connectivity index (χ1v) is 13.7. The zero-order valence-corrected chi connectivity index (χ0v) is 22.3. The number of hydrogen-bond acceptors (Lipinski definition) is 4. The minimum Gasteiger partial charge on any atom is -0.354 e. The Kier molecular flexibility index (Phi) is 10.5. The van der Waals surface area contributed by atoms with Crippen LogP contribution in [0.2, 0.25) is 15.1 Å². The van der Waals surface area contributed by atoms with E-state index >= 15 is 0 Å². The lowest BCUT2D eigenvalue weighted by molar-refractivity contribution is -0.140. The summed E-state index contributed by atoms with van der Waals surface area (Å²) in [7, 11) is -3.86. The van der Waals surface area contributed by atoms with E-state index in [0.29, 0.717) is 28.6 Å². The van der Waals surface area contributed by atoms with Gasteiger partial charge in [-0.25, -0.2) is 8.42 Å². The molecule has 0 bridgehead atoms. The van der Waals surface area contributed by atoms with Gasteiger partial charge in [0.1, 0.15) is 12.6 Å². The fourth-order valence-electron chi connectivity index (χ4n) is 3.37. The minimum absolute atomic E-state index is 0.0356. The number of nitrogens with zero attached hydrogens (tertiary/aromatic N) is 2. The summed E-state index contributed by atoms with van der Waals surface area (Å²) in [6.07, 6.45) is 2.06. The number of amides is 2. The summed E-state index contributed by atoms with van der Waals surface area (Å²) in [5, 5.41) is 3.67. The quantitative estimate of drug-likeness (QED) is 0.439. The highest BCUT2D eigenvalue weighted by Crippen LogP contribution is 2.28. The largest absolute Gasteiger partial charge is 0.354 e. The molecule has 1 atom stereocenters. The number of carbonyl (C=O) groups is 2. The molecule has 34 heavy (non-hydrogen) atoms. The molecule has 2 aromatic carbocycles. The second-order valence-electron chi connectivity index (χ2n) is 7.71. The molecule has 0 saturated heterocycles. The van der Waals surface area contributed by atoms with E-state index < -0.39 is 28.5 Å². The van der Waals surface area contributed by atoms with Crippen molar-refractivity contribution in [1.82, 2.24) is 10.2 Å². The van der Waals surface area contributed by atoms with Crippen molar-refractivity contribution in [1.29, 1.82) is 0 Å². The molecule has 0 saturated carbocycles. The van der Waals surface area contributed by atoms with E-state index in [4.69, 9.17) is 34.8 Å². The molecule has 2 aromatic rings. The Labute approximate surface area is 216 Å². The van der Waals surface area contributed by atoms with Crippen LogP contribution in [0.5, 0.6) is 0 Å². The summed E-state index contributed by atoms with van der Waals surface area (Å²) in [6, 6.07) is 10.5. The number of sulfonamides is 1. The standard InChI is InChI=1S/C23H28Cl3N3O4S/c1-4-12-27-23(31)20(5-2)28(14-16-10-11-17(24)19(26)13-16)22(30)15-29(34(3,32)33)21-9-7-6-8-18(21)25/h6-11,13,20H,4-5,12,14-15H2,1-3H3,(H,27,31)/t20-/m1/s1. The molecule has 11 heteroatoms. The monoisotopic (exact) mass is 547 g/mol. The molecular formula is C23H28Cl3N3O4S. The van der Waals surface area contributed by atoms with Crippen molar-refractivity contribution >= 4 is 62.3 Å². The Morgan fingerprint density at radius 2 is 1.68 bits per heavy atom. The van der Waals surface area contributed by atoms with E-state index in [1.807, 2.05) is 6.92 Å². The Morgan fingerprint density at radius 3 is 2.24 bits per heavy atom. The topological polar surface area (TPSA) is 86.8 Å². The van der Waals surface area contributed by atoms with Crippen molar-refractivity contribution in [3.8, 4) is 0 Å². The molecule has 186 valence electrons. The third-order valence-electron chi connectivity index (χ3n) is 5.07. The zero-order valence-electron chi connectivity index (χ0n) is 19.2. The fraction of sp³-hybridized carbons (Fsp3) is 0.391. The van der Waals surface area contributed by atoms with Crippen LogP contribution in [0, 0.1) is 0 Å². The van der Waals surface area contributed by atoms with Crippen LogP contribution in [0.15, 0.2) is 42.5 Å². The molecule has 0 radical (unpaired) electrons. The van der Waals surface area contributed by atoms with Gasteiger partial charge in [-0.3, -0.25) is 13.9 Å². The molecule has 0 aliphatic rings. The number of anilines is 1. The van der Waals surface area contributed by atoms with Gasteiger partial charge in [-0.15, -0.1) is 0 Å². The van der Waals surface area contributed by atoms with E-state index in [0.717, 1.165) is 17.0 Å². The predicted octanol–water partition coefficient (Wildman–Crippen LogP) is 4.75. The maximum absolute atomic E-state index is 13.6. The van der Waals surface area contributed by atoms with Crippen molar-refractivity contribution in [2.75, 3.05) is 23.7 Å². The molecule has 0 aromatic heterocycles. The van der Waals surface area contributed by atoms with Gasteiger partial charge in [-0.1, -0.05) is 66.8 Å². The molecule has 0 fully saturated rings. The van der Waals surface area contributed by atoms with Gasteiger partial charge in [-0.2, -0.15) is 0 Å². The Bertz CT molecular complexity index is 1130. The van der Waals surface area contributed by atoms with Crippen molar-refractivity contribution in [2.45, 2.75) is 39.3 Å². The summed E-state index contributed by atoms with van der Waals surface area (Å²) in [5.41, 5.74) is 0.825. The first kappa shape index (κ1) is 28.2. The van der Waals surface area contributed by atoms with Gasteiger partial charge in [0.05, 0.1) is 27.0 Å². The summed E-state index contributed by atoms with van der Waals surface area (Å²) in [6.45, 7) is 3.68. The first-order valence-electron chi connectivity index (χ1n) is 10.7. The van der Waals surface area contributed by atoms with Crippen LogP contribution >= 0.6 is 34.8 Å². The number of rotatable bonds is 11. The van der Waals surface area contributed by atoms with E-state index in [1.165, 1.54) is 11.0 Å². The Morgan fingerprint density at radius 1 is 1.00 bits per heavy atom. The zero-order chi connectivity index (χ0) is 25.5. The number of carbonyl (C=O) groups excluding carboxylic acids is 2.